The largest absolute Gasteiger partial charge is 0.503 e. The Morgan fingerprint density at radius 1 is 0.909 bits per heavy atom. The number of carbonyl (C=O) groups is 1. The molecule has 0 spiro atoms. The van der Waals surface area contributed by atoms with Crippen LogP contribution in [0.2, 0.25) is 0 Å². The summed E-state index contributed by atoms with van der Waals surface area (Å²) in [5, 5.41) is 0. The molecule has 2 rings (SSSR count). The number of hydrogen-bond acceptors (Lipinski definition) is 3. The van der Waals surface area contributed by atoms with Crippen molar-refractivity contribution in [1.82, 2.24) is 0 Å². The Kier molecular flexibility index (Phi) is 5.55. The number of hydrogen-bond donors (Lipinski definition) is 0. The van der Waals surface area contributed by atoms with Crippen LogP contribution in [0.15, 0.2) is 72.5 Å². The van der Waals surface area contributed by atoms with Crippen molar-refractivity contribution < 1.29 is 14.3 Å². The Morgan fingerprint density at radius 2 is 1.50 bits per heavy atom. The maximum atomic E-state index is 12.1. The summed E-state index contributed by atoms with van der Waals surface area (Å²) in [6.07, 6.45) is 3.35. The molecule has 112 valence electrons. The smallest absolute Gasteiger partial charge is 0.341 e. The minimum absolute atomic E-state index is 0.375. The highest BCUT2D eigenvalue weighted by Crippen LogP contribution is 2.26. The van der Waals surface area contributed by atoms with E-state index in [4.69, 9.17) is 9.47 Å². The van der Waals surface area contributed by atoms with Gasteiger partial charge in [-0.2, -0.15) is 0 Å². The van der Waals surface area contributed by atoms with Crippen LogP contribution < -0.4 is 0 Å². The number of rotatable bonds is 5. The molecule has 0 aliphatic carbocycles. The monoisotopic (exact) mass is 294 g/mol. The fourth-order valence-electron chi connectivity index (χ4n) is 2.10. The average Bonchev–Trinajstić information content (AvgIpc) is 2.59. The van der Waals surface area contributed by atoms with Crippen LogP contribution in [0.4, 0.5) is 0 Å². The van der Waals surface area contributed by atoms with E-state index in [1.165, 1.54) is 20.5 Å². The van der Waals surface area contributed by atoms with Gasteiger partial charge in [-0.1, -0.05) is 60.7 Å². The Balaban J connectivity index is 2.57. The van der Waals surface area contributed by atoms with E-state index >= 15 is 0 Å². The van der Waals surface area contributed by atoms with Gasteiger partial charge in [0.15, 0.2) is 0 Å². The maximum Gasteiger partial charge on any atom is 0.341 e. The summed E-state index contributed by atoms with van der Waals surface area (Å²) in [4.78, 5) is 12.1. The Bertz CT molecular complexity index is 670. The topological polar surface area (TPSA) is 35.5 Å². The molecule has 0 bridgehead atoms. The summed E-state index contributed by atoms with van der Waals surface area (Å²) >= 11 is 0. The van der Waals surface area contributed by atoms with Gasteiger partial charge in [-0.3, -0.25) is 0 Å². The average molecular weight is 294 g/mol. The highest BCUT2D eigenvalue weighted by Gasteiger charge is 2.17. The van der Waals surface area contributed by atoms with E-state index in [-0.39, 0.29) is 0 Å². The molecule has 0 saturated heterocycles. The zero-order valence-corrected chi connectivity index (χ0v) is 12.7. The Morgan fingerprint density at radius 3 is 2.05 bits per heavy atom. The molecule has 0 heterocycles. The minimum atomic E-state index is -0.437. The highest BCUT2D eigenvalue weighted by molar-refractivity contribution is 6.10. The molecule has 0 N–H and O–H groups in total. The maximum absolute atomic E-state index is 12.1. The lowest BCUT2D eigenvalue weighted by molar-refractivity contribution is -0.135. The van der Waals surface area contributed by atoms with E-state index in [1.54, 1.807) is 0 Å². The Hall–Kier alpha value is -2.81. The summed E-state index contributed by atoms with van der Waals surface area (Å²) in [5.74, 6) is -0.437. The van der Waals surface area contributed by atoms with E-state index in [0.29, 0.717) is 5.57 Å². The molecule has 3 heteroatoms. The van der Waals surface area contributed by atoms with Gasteiger partial charge in [0, 0.05) is 0 Å². The van der Waals surface area contributed by atoms with Crippen molar-refractivity contribution in [3.8, 4) is 0 Å². The molecule has 0 amide bonds. The van der Waals surface area contributed by atoms with Gasteiger partial charge in [0.1, 0.15) is 5.57 Å². The lowest BCUT2D eigenvalue weighted by atomic mass is 9.96. The van der Waals surface area contributed by atoms with Gasteiger partial charge in [-0.05, 0) is 22.8 Å². The third-order valence-corrected chi connectivity index (χ3v) is 3.13. The molecule has 0 aliphatic heterocycles. The SMILES string of the molecule is COC=C(C(=O)OC)C(=Cc1ccccc1)c1ccccc1. The molecule has 2 aromatic rings. The zero-order valence-electron chi connectivity index (χ0n) is 12.7. The number of methoxy groups -OCH3 is 2. The number of ether oxygens (including phenoxy) is 2. The van der Waals surface area contributed by atoms with Crippen LogP contribution in [0.3, 0.4) is 0 Å². The number of benzene rings is 2. The first-order valence-corrected chi connectivity index (χ1v) is 6.90. The molecule has 22 heavy (non-hydrogen) atoms. The van der Waals surface area contributed by atoms with Crippen molar-refractivity contribution >= 4 is 17.6 Å². The van der Waals surface area contributed by atoms with Gasteiger partial charge in [-0.25, -0.2) is 4.79 Å². The first-order valence-electron chi connectivity index (χ1n) is 6.90. The Labute approximate surface area is 130 Å². The summed E-state index contributed by atoms with van der Waals surface area (Å²) in [6, 6.07) is 19.5. The van der Waals surface area contributed by atoms with E-state index in [2.05, 4.69) is 0 Å². The second-order valence-electron chi connectivity index (χ2n) is 4.59. The summed E-state index contributed by atoms with van der Waals surface area (Å²) in [6.45, 7) is 0. The first-order chi connectivity index (χ1) is 10.8. The molecule has 0 atom stereocenters. The molecular formula is C19H18O3. The van der Waals surface area contributed by atoms with Crippen molar-refractivity contribution in [2.24, 2.45) is 0 Å². The van der Waals surface area contributed by atoms with Crippen LogP contribution in [-0.2, 0) is 14.3 Å². The van der Waals surface area contributed by atoms with Crippen molar-refractivity contribution in [1.29, 1.82) is 0 Å². The summed E-state index contributed by atoms with van der Waals surface area (Å²) in [5.41, 5.74) is 3.04. The van der Waals surface area contributed by atoms with Crippen LogP contribution >= 0.6 is 0 Å². The van der Waals surface area contributed by atoms with Crippen LogP contribution in [0, 0.1) is 0 Å². The quantitative estimate of drug-likeness (QED) is 0.275. The summed E-state index contributed by atoms with van der Waals surface area (Å²) < 4.78 is 9.94. The standard InChI is InChI=1S/C19H18O3/c1-21-14-18(19(20)22-2)17(16-11-7-4-8-12-16)13-15-9-5-3-6-10-15/h3-14H,1-2H3. The van der Waals surface area contributed by atoms with E-state index in [1.807, 2.05) is 66.7 Å². The van der Waals surface area contributed by atoms with Crippen LogP contribution in [0.25, 0.3) is 11.6 Å². The minimum Gasteiger partial charge on any atom is -0.503 e. The lowest BCUT2D eigenvalue weighted by Crippen LogP contribution is -2.07. The van der Waals surface area contributed by atoms with E-state index in [0.717, 1.165) is 16.7 Å². The molecule has 3 nitrogen and oxygen atoms in total. The van der Waals surface area contributed by atoms with E-state index < -0.39 is 5.97 Å². The predicted octanol–water partition coefficient (Wildman–Crippen LogP) is 3.93. The van der Waals surface area contributed by atoms with Crippen molar-refractivity contribution in [3.05, 3.63) is 83.6 Å². The predicted molar refractivity (Wildman–Crippen MR) is 87.9 cm³/mol. The molecule has 0 fully saturated rings. The summed E-state index contributed by atoms with van der Waals surface area (Å²) in [7, 11) is 2.87. The zero-order chi connectivity index (χ0) is 15.8. The fourth-order valence-corrected chi connectivity index (χ4v) is 2.10. The van der Waals surface area contributed by atoms with Gasteiger partial charge in [0.05, 0.1) is 20.5 Å². The van der Waals surface area contributed by atoms with E-state index in [9.17, 15) is 4.79 Å². The molecule has 0 saturated carbocycles. The van der Waals surface area contributed by atoms with Crippen molar-refractivity contribution in [2.45, 2.75) is 0 Å². The number of carbonyl (C=O) groups excluding carboxylic acids is 1. The third kappa shape index (κ3) is 3.85. The van der Waals surface area contributed by atoms with Crippen LogP contribution in [0.1, 0.15) is 11.1 Å². The van der Waals surface area contributed by atoms with Gasteiger partial charge < -0.3 is 9.47 Å². The van der Waals surface area contributed by atoms with Gasteiger partial charge in [0.25, 0.3) is 0 Å². The number of esters is 1. The molecule has 0 aromatic heterocycles. The second-order valence-corrected chi connectivity index (χ2v) is 4.59. The van der Waals surface area contributed by atoms with Crippen LogP contribution in [-0.4, -0.2) is 20.2 Å². The van der Waals surface area contributed by atoms with Crippen molar-refractivity contribution in [3.63, 3.8) is 0 Å². The molecule has 0 aliphatic rings. The molecule has 0 unspecified atom stereocenters. The molecule has 2 aromatic carbocycles. The van der Waals surface area contributed by atoms with Gasteiger partial charge in [-0.15, -0.1) is 0 Å². The van der Waals surface area contributed by atoms with Crippen molar-refractivity contribution in [2.75, 3.05) is 14.2 Å². The molecular weight excluding hydrogens is 276 g/mol. The highest BCUT2D eigenvalue weighted by atomic mass is 16.5. The second kappa shape index (κ2) is 7.84. The fraction of sp³-hybridized carbons (Fsp3) is 0.105. The molecule has 0 radical (unpaired) electrons. The lowest BCUT2D eigenvalue weighted by Gasteiger charge is -2.11. The van der Waals surface area contributed by atoms with Crippen LogP contribution in [0.5, 0.6) is 0 Å². The van der Waals surface area contributed by atoms with Gasteiger partial charge in [0.2, 0.25) is 0 Å². The van der Waals surface area contributed by atoms with Gasteiger partial charge >= 0.3 is 5.97 Å². The first kappa shape index (κ1) is 15.6. The normalized spacial score (nSPS) is 11.9. The third-order valence-electron chi connectivity index (χ3n) is 3.13.